The zero-order valence-corrected chi connectivity index (χ0v) is 14.0. The van der Waals surface area contributed by atoms with Crippen molar-refractivity contribution in [2.24, 2.45) is 0 Å². The Morgan fingerprint density at radius 2 is 1.91 bits per heavy atom. The van der Waals surface area contributed by atoms with Crippen LogP contribution in [0.3, 0.4) is 0 Å². The van der Waals surface area contributed by atoms with Gasteiger partial charge in [-0.1, -0.05) is 0 Å². The zero-order chi connectivity index (χ0) is 16.2. The van der Waals surface area contributed by atoms with Crippen molar-refractivity contribution in [3.05, 3.63) is 30.7 Å². The van der Waals surface area contributed by atoms with Gasteiger partial charge in [0.05, 0.1) is 11.9 Å². The molecule has 1 aliphatic rings. The van der Waals surface area contributed by atoms with Crippen LogP contribution in [0.2, 0.25) is 0 Å². The van der Waals surface area contributed by atoms with Crippen molar-refractivity contribution in [3.8, 4) is 11.3 Å². The summed E-state index contributed by atoms with van der Waals surface area (Å²) in [4.78, 5) is 18.1. The molecule has 0 aromatic carbocycles. The lowest BCUT2D eigenvalue weighted by molar-refractivity contribution is 0.252. The van der Waals surface area contributed by atoms with Gasteiger partial charge in [-0.25, -0.2) is 9.97 Å². The lowest BCUT2D eigenvalue weighted by Crippen LogP contribution is -2.42. The van der Waals surface area contributed by atoms with Crippen LogP contribution in [-0.4, -0.2) is 60.1 Å². The van der Waals surface area contributed by atoms with Crippen LogP contribution >= 0.6 is 0 Å². The highest BCUT2D eigenvalue weighted by Gasteiger charge is 2.24. The Bertz CT molecular complexity index is 637. The Hall–Kier alpha value is -2.21. The second-order valence-electron chi connectivity index (χ2n) is 6.06. The van der Waals surface area contributed by atoms with Crippen LogP contribution in [0.25, 0.3) is 11.3 Å². The molecule has 0 unspecified atom stereocenters. The number of piperidine rings is 1. The van der Waals surface area contributed by atoms with E-state index in [0.717, 1.165) is 48.8 Å². The SMILES string of the molecule is CNc1ncc(-c2ccncc2)nc1N(C)C1CCN(C)CC1. The molecule has 1 N–H and O–H groups in total. The smallest absolute Gasteiger partial charge is 0.172 e. The molecule has 1 saturated heterocycles. The van der Waals surface area contributed by atoms with Crippen LogP contribution in [0.1, 0.15) is 12.8 Å². The molecule has 0 saturated carbocycles. The molecule has 0 bridgehead atoms. The van der Waals surface area contributed by atoms with E-state index in [2.05, 4.69) is 39.2 Å². The van der Waals surface area contributed by atoms with Gasteiger partial charge < -0.3 is 15.1 Å². The molecule has 0 aliphatic carbocycles. The predicted molar refractivity (Wildman–Crippen MR) is 93.7 cm³/mol. The maximum absolute atomic E-state index is 4.87. The number of pyridine rings is 1. The monoisotopic (exact) mass is 312 g/mol. The molecule has 6 nitrogen and oxygen atoms in total. The summed E-state index contributed by atoms with van der Waals surface area (Å²) >= 11 is 0. The molecule has 0 amide bonds. The predicted octanol–water partition coefficient (Wildman–Crippen LogP) is 2.11. The molecule has 1 fully saturated rings. The Morgan fingerprint density at radius 3 is 2.57 bits per heavy atom. The minimum Gasteiger partial charge on any atom is -0.370 e. The fraction of sp³-hybridized carbons (Fsp3) is 0.471. The molecular weight excluding hydrogens is 288 g/mol. The van der Waals surface area contributed by atoms with E-state index in [0.29, 0.717) is 6.04 Å². The number of likely N-dealkylation sites (tertiary alicyclic amines) is 1. The number of nitrogens with zero attached hydrogens (tertiary/aromatic N) is 5. The van der Waals surface area contributed by atoms with Crippen molar-refractivity contribution < 1.29 is 0 Å². The van der Waals surface area contributed by atoms with Gasteiger partial charge in [0, 0.05) is 38.1 Å². The van der Waals surface area contributed by atoms with Crippen molar-refractivity contribution in [1.82, 2.24) is 19.9 Å². The van der Waals surface area contributed by atoms with Crippen molar-refractivity contribution in [2.75, 3.05) is 44.4 Å². The summed E-state index contributed by atoms with van der Waals surface area (Å²) in [6.45, 7) is 2.25. The number of hydrogen-bond donors (Lipinski definition) is 1. The van der Waals surface area contributed by atoms with Crippen molar-refractivity contribution in [1.29, 1.82) is 0 Å². The number of rotatable bonds is 4. The molecule has 122 valence electrons. The van der Waals surface area contributed by atoms with Gasteiger partial charge in [0.15, 0.2) is 11.6 Å². The zero-order valence-electron chi connectivity index (χ0n) is 14.0. The molecular formula is C17H24N6. The summed E-state index contributed by atoms with van der Waals surface area (Å²) in [5, 5.41) is 3.16. The number of aromatic nitrogens is 3. The van der Waals surface area contributed by atoms with Crippen LogP contribution < -0.4 is 10.2 Å². The Balaban J connectivity index is 1.90. The van der Waals surface area contributed by atoms with E-state index in [1.54, 1.807) is 12.4 Å². The average Bonchev–Trinajstić information content (AvgIpc) is 2.62. The minimum atomic E-state index is 0.500. The normalized spacial score (nSPS) is 16.3. The summed E-state index contributed by atoms with van der Waals surface area (Å²) in [7, 11) is 6.19. The van der Waals surface area contributed by atoms with E-state index in [4.69, 9.17) is 4.98 Å². The largest absolute Gasteiger partial charge is 0.370 e. The highest BCUT2D eigenvalue weighted by atomic mass is 15.2. The van der Waals surface area contributed by atoms with E-state index < -0.39 is 0 Å². The standard InChI is InChI=1S/C17H24N6/c1-18-16-17(23(3)14-6-10-22(2)11-7-14)21-15(12-20-16)13-4-8-19-9-5-13/h4-5,8-9,12,14H,6-7,10-11H2,1-3H3,(H,18,20). The van der Waals surface area contributed by atoms with E-state index in [-0.39, 0.29) is 0 Å². The van der Waals surface area contributed by atoms with Crippen LogP contribution in [0.15, 0.2) is 30.7 Å². The molecule has 0 spiro atoms. The second-order valence-corrected chi connectivity index (χ2v) is 6.06. The number of hydrogen-bond acceptors (Lipinski definition) is 6. The molecule has 1 aliphatic heterocycles. The number of anilines is 2. The van der Waals surface area contributed by atoms with Gasteiger partial charge in [-0.15, -0.1) is 0 Å². The van der Waals surface area contributed by atoms with Gasteiger partial charge in [0.2, 0.25) is 0 Å². The van der Waals surface area contributed by atoms with E-state index in [9.17, 15) is 0 Å². The topological polar surface area (TPSA) is 57.2 Å². The summed E-state index contributed by atoms with van der Waals surface area (Å²) in [6.07, 6.45) is 7.68. The Morgan fingerprint density at radius 1 is 1.22 bits per heavy atom. The van der Waals surface area contributed by atoms with Gasteiger partial charge in [-0.05, 0) is 45.1 Å². The highest BCUT2D eigenvalue weighted by molar-refractivity contribution is 5.67. The first-order valence-electron chi connectivity index (χ1n) is 8.05. The fourth-order valence-electron chi connectivity index (χ4n) is 3.02. The Labute approximate surface area is 137 Å². The first-order valence-corrected chi connectivity index (χ1v) is 8.05. The molecule has 0 atom stereocenters. The summed E-state index contributed by atoms with van der Waals surface area (Å²) < 4.78 is 0. The van der Waals surface area contributed by atoms with Gasteiger partial charge in [-0.2, -0.15) is 0 Å². The van der Waals surface area contributed by atoms with Gasteiger partial charge in [0.25, 0.3) is 0 Å². The van der Waals surface area contributed by atoms with Gasteiger partial charge in [0.1, 0.15) is 0 Å². The maximum Gasteiger partial charge on any atom is 0.172 e. The summed E-state index contributed by atoms with van der Waals surface area (Å²) in [5.74, 6) is 1.74. The van der Waals surface area contributed by atoms with Gasteiger partial charge >= 0.3 is 0 Å². The lowest BCUT2D eigenvalue weighted by atomic mass is 10.0. The van der Waals surface area contributed by atoms with Crippen LogP contribution in [0.5, 0.6) is 0 Å². The molecule has 0 radical (unpaired) electrons. The maximum atomic E-state index is 4.87. The summed E-state index contributed by atoms with van der Waals surface area (Å²) in [6, 6.07) is 4.42. The molecule has 23 heavy (non-hydrogen) atoms. The minimum absolute atomic E-state index is 0.500. The average molecular weight is 312 g/mol. The van der Waals surface area contributed by atoms with Crippen molar-refractivity contribution in [3.63, 3.8) is 0 Å². The van der Waals surface area contributed by atoms with Crippen LogP contribution in [0, 0.1) is 0 Å². The third-order valence-corrected chi connectivity index (χ3v) is 4.54. The molecule has 3 rings (SSSR count). The molecule has 3 heterocycles. The third-order valence-electron chi connectivity index (χ3n) is 4.54. The highest BCUT2D eigenvalue weighted by Crippen LogP contribution is 2.28. The van der Waals surface area contributed by atoms with Crippen LogP contribution in [0.4, 0.5) is 11.6 Å². The van der Waals surface area contributed by atoms with Crippen LogP contribution in [-0.2, 0) is 0 Å². The molecule has 6 heteroatoms. The van der Waals surface area contributed by atoms with Crippen molar-refractivity contribution >= 4 is 11.6 Å². The van der Waals surface area contributed by atoms with E-state index in [1.165, 1.54) is 0 Å². The first kappa shape index (κ1) is 15.7. The summed E-state index contributed by atoms with van der Waals surface area (Å²) in [5.41, 5.74) is 1.91. The Kier molecular flexibility index (Phi) is 4.71. The second kappa shape index (κ2) is 6.91. The molecule has 2 aromatic rings. The van der Waals surface area contributed by atoms with Crippen molar-refractivity contribution in [2.45, 2.75) is 18.9 Å². The van der Waals surface area contributed by atoms with E-state index in [1.807, 2.05) is 25.4 Å². The quantitative estimate of drug-likeness (QED) is 0.933. The number of nitrogens with one attached hydrogen (secondary N) is 1. The first-order chi connectivity index (χ1) is 11.2. The molecule has 2 aromatic heterocycles. The lowest BCUT2D eigenvalue weighted by Gasteiger charge is -2.36. The van der Waals surface area contributed by atoms with Gasteiger partial charge in [-0.3, -0.25) is 4.98 Å². The third kappa shape index (κ3) is 3.42. The fourth-order valence-corrected chi connectivity index (χ4v) is 3.02. The van der Waals surface area contributed by atoms with E-state index >= 15 is 0 Å².